The normalized spacial score (nSPS) is 33.3. The van der Waals surface area contributed by atoms with Gasteiger partial charge in [-0.25, -0.2) is 0 Å². The monoisotopic (exact) mass is 326 g/mol. The molecule has 0 amide bonds. The maximum absolute atomic E-state index is 5.83. The molecule has 2 aliphatic heterocycles. The third kappa shape index (κ3) is 5.53. The van der Waals surface area contributed by atoms with Crippen molar-refractivity contribution in [2.45, 2.75) is 22.8 Å². The molecule has 0 N–H and O–H groups in total. The topological polar surface area (TPSA) is 46.2 Å². The summed E-state index contributed by atoms with van der Waals surface area (Å²) in [6.07, 6.45) is 0.518. The fourth-order valence-electron chi connectivity index (χ4n) is 1.88. The Kier molecular flexibility index (Phi) is 7.57. The van der Waals surface area contributed by atoms with Gasteiger partial charge in [-0.15, -0.1) is 0 Å². The fourth-order valence-corrected chi connectivity index (χ4v) is 4.45. The van der Waals surface area contributed by atoms with Gasteiger partial charge in [0.25, 0.3) is 0 Å². The van der Waals surface area contributed by atoms with Crippen LogP contribution in [0.2, 0.25) is 10.6 Å². The standard InChI is InChI=1S/C12H22O5Se/c1-3-14-5-7-16-11-9-18-10-12(11)17-8-6-15-4-2-13-1/h11-12H,1-10H2. The van der Waals surface area contributed by atoms with Crippen LogP contribution in [0.4, 0.5) is 0 Å². The molecule has 2 saturated heterocycles. The molecule has 0 saturated carbocycles. The Morgan fingerprint density at radius 3 is 1.39 bits per heavy atom. The van der Waals surface area contributed by atoms with E-state index >= 15 is 0 Å². The Balaban J connectivity index is 1.71. The van der Waals surface area contributed by atoms with E-state index in [-0.39, 0.29) is 12.2 Å². The first kappa shape index (κ1) is 14.7. The molecule has 0 spiro atoms. The van der Waals surface area contributed by atoms with E-state index in [2.05, 4.69) is 0 Å². The van der Waals surface area contributed by atoms with E-state index in [1.165, 1.54) is 0 Å². The van der Waals surface area contributed by atoms with Crippen molar-refractivity contribution in [1.82, 2.24) is 0 Å². The van der Waals surface area contributed by atoms with Crippen LogP contribution in [0.5, 0.6) is 0 Å². The zero-order valence-electron chi connectivity index (χ0n) is 10.7. The van der Waals surface area contributed by atoms with Crippen LogP contribution in [0.3, 0.4) is 0 Å². The first-order chi connectivity index (χ1) is 8.97. The molecule has 6 heteroatoms. The zero-order chi connectivity index (χ0) is 12.5. The summed E-state index contributed by atoms with van der Waals surface area (Å²) in [5.74, 6) is 0. The molecule has 0 radical (unpaired) electrons. The summed E-state index contributed by atoms with van der Waals surface area (Å²) < 4.78 is 27.9. The van der Waals surface area contributed by atoms with Crippen molar-refractivity contribution in [1.29, 1.82) is 0 Å². The van der Waals surface area contributed by atoms with Gasteiger partial charge in [0.2, 0.25) is 0 Å². The molecule has 2 unspecified atom stereocenters. The Morgan fingerprint density at radius 1 is 0.556 bits per heavy atom. The average Bonchev–Trinajstić information content (AvgIpc) is 2.81. The molecule has 2 rings (SSSR count). The van der Waals surface area contributed by atoms with Crippen LogP contribution < -0.4 is 0 Å². The molecular formula is C12H22O5Se. The molecule has 2 heterocycles. The molecule has 0 aromatic heterocycles. The molecule has 0 aliphatic carbocycles. The van der Waals surface area contributed by atoms with Gasteiger partial charge >= 0.3 is 114 Å². The first-order valence-corrected chi connectivity index (χ1v) is 8.93. The Hall–Kier alpha value is 0.319. The molecule has 0 bridgehead atoms. The number of hydrogen-bond donors (Lipinski definition) is 0. The summed E-state index contributed by atoms with van der Waals surface area (Å²) in [4.78, 5) is 0. The van der Waals surface area contributed by atoms with E-state index < -0.39 is 0 Å². The molecule has 2 fully saturated rings. The summed E-state index contributed by atoms with van der Waals surface area (Å²) in [6.45, 7) is 5.06. The predicted octanol–water partition coefficient (Wildman–Crippen LogP) is 0.375. The van der Waals surface area contributed by atoms with Crippen molar-refractivity contribution < 1.29 is 23.7 Å². The van der Waals surface area contributed by atoms with Crippen LogP contribution >= 0.6 is 0 Å². The quantitative estimate of drug-likeness (QED) is 0.603. The first-order valence-electron chi connectivity index (χ1n) is 6.51. The van der Waals surface area contributed by atoms with Crippen LogP contribution in [0, 0.1) is 0 Å². The summed E-state index contributed by atoms with van der Waals surface area (Å²) in [5, 5.41) is 2.31. The van der Waals surface area contributed by atoms with Gasteiger partial charge in [0.1, 0.15) is 0 Å². The Morgan fingerprint density at radius 2 is 0.944 bits per heavy atom. The second kappa shape index (κ2) is 9.26. The van der Waals surface area contributed by atoms with Crippen molar-refractivity contribution in [3.8, 4) is 0 Å². The van der Waals surface area contributed by atoms with Gasteiger partial charge < -0.3 is 0 Å². The number of fused-ring (bicyclic) bond motifs is 1. The average molecular weight is 325 g/mol. The van der Waals surface area contributed by atoms with Crippen LogP contribution in [0.25, 0.3) is 0 Å². The summed E-state index contributed by atoms with van der Waals surface area (Å²) in [5.41, 5.74) is 0. The van der Waals surface area contributed by atoms with Gasteiger partial charge in [-0.1, -0.05) is 0 Å². The molecule has 0 aromatic carbocycles. The van der Waals surface area contributed by atoms with Gasteiger partial charge in [-0.2, -0.15) is 0 Å². The molecule has 5 nitrogen and oxygen atoms in total. The van der Waals surface area contributed by atoms with E-state index in [9.17, 15) is 0 Å². The summed E-state index contributed by atoms with van der Waals surface area (Å²) in [7, 11) is 0. The number of hydrogen-bond acceptors (Lipinski definition) is 5. The van der Waals surface area contributed by atoms with E-state index in [4.69, 9.17) is 23.7 Å². The van der Waals surface area contributed by atoms with Gasteiger partial charge in [0.15, 0.2) is 0 Å². The summed E-state index contributed by atoms with van der Waals surface area (Å²) in [6, 6.07) is 0. The molecule has 18 heavy (non-hydrogen) atoms. The van der Waals surface area contributed by atoms with E-state index in [0.29, 0.717) is 67.8 Å². The van der Waals surface area contributed by atoms with Gasteiger partial charge in [-0.3, -0.25) is 0 Å². The van der Waals surface area contributed by atoms with E-state index in [0.717, 1.165) is 10.6 Å². The fraction of sp³-hybridized carbons (Fsp3) is 1.00. The zero-order valence-corrected chi connectivity index (χ0v) is 12.4. The van der Waals surface area contributed by atoms with Gasteiger partial charge in [0.05, 0.1) is 0 Å². The Labute approximate surface area is 115 Å². The van der Waals surface area contributed by atoms with Crippen molar-refractivity contribution in [2.75, 3.05) is 52.9 Å². The van der Waals surface area contributed by atoms with Crippen LogP contribution in [0.1, 0.15) is 0 Å². The maximum atomic E-state index is 5.83. The van der Waals surface area contributed by atoms with E-state index in [1.54, 1.807) is 0 Å². The second-order valence-corrected chi connectivity index (χ2v) is 6.45. The number of ether oxygens (including phenoxy) is 5. The molecular weight excluding hydrogens is 303 g/mol. The van der Waals surface area contributed by atoms with E-state index in [1.807, 2.05) is 0 Å². The Bertz CT molecular complexity index is 197. The van der Waals surface area contributed by atoms with Crippen LogP contribution in [-0.2, 0) is 23.7 Å². The minimum atomic E-state index is 0.259. The van der Waals surface area contributed by atoms with Crippen molar-refractivity contribution in [3.63, 3.8) is 0 Å². The minimum absolute atomic E-state index is 0.259. The van der Waals surface area contributed by atoms with Crippen molar-refractivity contribution >= 4 is 15.0 Å². The molecule has 0 aromatic rings. The summed E-state index contributed by atoms with van der Waals surface area (Å²) >= 11 is 0.663. The second-order valence-electron chi connectivity index (χ2n) is 4.19. The third-order valence-corrected chi connectivity index (χ3v) is 5.21. The number of rotatable bonds is 0. The van der Waals surface area contributed by atoms with Gasteiger partial charge in [-0.05, 0) is 0 Å². The van der Waals surface area contributed by atoms with Crippen LogP contribution in [-0.4, -0.2) is 80.0 Å². The third-order valence-electron chi connectivity index (χ3n) is 2.84. The molecule has 2 atom stereocenters. The SMILES string of the molecule is C1COCCOC2C[Se]CC2OCCOCCO1. The van der Waals surface area contributed by atoms with Crippen molar-refractivity contribution in [3.05, 3.63) is 0 Å². The van der Waals surface area contributed by atoms with Crippen molar-refractivity contribution in [2.24, 2.45) is 0 Å². The van der Waals surface area contributed by atoms with Gasteiger partial charge in [0, 0.05) is 0 Å². The molecule has 2 aliphatic rings. The van der Waals surface area contributed by atoms with Crippen LogP contribution in [0.15, 0.2) is 0 Å². The molecule has 106 valence electrons. The predicted molar refractivity (Wildman–Crippen MR) is 67.3 cm³/mol.